The van der Waals surface area contributed by atoms with Gasteiger partial charge in [-0.3, -0.25) is 0 Å². The molecule has 7 heteroatoms. The summed E-state index contributed by atoms with van der Waals surface area (Å²) in [7, 11) is 1.51. The summed E-state index contributed by atoms with van der Waals surface area (Å²) >= 11 is 0. The number of rotatable bonds is 13. The number of hydrogen-bond donors (Lipinski definition) is 0. The molecule has 0 bridgehead atoms. The average molecular weight is 428 g/mol. The van der Waals surface area contributed by atoms with Crippen molar-refractivity contribution >= 4 is 5.71 Å². The predicted molar refractivity (Wildman–Crippen MR) is 122 cm³/mol. The third kappa shape index (κ3) is 8.28. The monoisotopic (exact) mass is 427 g/mol. The van der Waals surface area contributed by atoms with Crippen LogP contribution in [-0.4, -0.2) is 42.6 Å². The third-order valence-corrected chi connectivity index (χ3v) is 4.56. The molecule has 168 valence electrons. The van der Waals surface area contributed by atoms with Gasteiger partial charge in [-0.2, -0.15) is 0 Å². The minimum absolute atomic E-state index is 0.369. The molecule has 2 rings (SSSR count). The summed E-state index contributed by atoms with van der Waals surface area (Å²) in [6.07, 6.45) is 10.2. The van der Waals surface area contributed by atoms with Crippen LogP contribution in [0.15, 0.2) is 41.8 Å². The van der Waals surface area contributed by atoms with Crippen molar-refractivity contribution in [2.75, 3.05) is 26.9 Å². The summed E-state index contributed by atoms with van der Waals surface area (Å²) in [4.78, 5) is 13.1. The van der Waals surface area contributed by atoms with Gasteiger partial charge >= 0.3 is 6.01 Å². The Hall–Kier alpha value is -3.09. The van der Waals surface area contributed by atoms with E-state index in [0.717, 1.165) is 53.2 Å². The second kappa shape index (κ2) is 13.3. The minimum Gasteiger partial charge on any atom is -0.493 e. The maximum Gasteiger partial charge on any atom is 0.316 e. The van der Waals surface area contributed by atoms with E-state index in [-0.39, 0.29) is 0 Å². The van der Waals surface area contributed by atoms with E-state index in [1.165, 1.54) is 7.11 Å². The van der Waals surface area contributed by atoms with Crippen molar-refractivity contribution in [2.24, 2.45) is 5.16 Å². The van der Waals surface area contributed by atoms with Crippen molar-refractivity contribution in [1.29, 1.82) is 0 Å². The third-order valence-electron chi connectivity index (χ3n) is 4.56. The number of allylic oxidation sites excluding steroid dienone is 1. The number of aryl methyl sites for hydroxylation is 2. The molecule has 31 heavy (non-hydrogen) atoms. The maximum atomic E-state index is 6.01. The highest BCUT2D eigenvalue weighted by Gasteiger charge is 2.07. The van der Waals surface area contributed by atoms with Crippen molar-refractivity contribution in [3.63, 3.8) is 0 Å². The Kier molecular flexibility index (Phi) is 10.3. The van der Waals surface area contributed by atoms with E-state index in [4.69, 9.17) is 19.0 Å². The number of nitrogens with zero attached hydrogens (tertiary/aromatic N) is 3. The molecule has 1 aromatic heterocycles. The Bertz CT molecular complexity index is 841. The summed E-state index contributed by atoms with van der Waals surface area (Å²) < 4.78 is 17.3. The number of ether oxygens (including phenoxy) is 3. The first-order valence-corrected chi connectivity index (χ1v) is 10.6. The van der Waals surface area contributed by atoms with Gasteiger partial charge in [-0.25, -0.2) is 9.97 Å². The average Bonchev–Trinajstić information content (AvgIpc) is 2.75. The van der Waals surface area contributed by atoms with Crippen LogP contribution in [0.25, 0.3) is 0 Å². The summed E-state index contributed by atoms with van der Waals surface area (Å²) in [6.45, 7) is 9.73. The number of unbranched alkanes of at least 4 members (excludes halogenated alkanes) is 2. The lowest BCUT2D eigenvalue weighted by atomic mass is 10.1. The van der Waals surface area contributed by atoms with Crippen LogP contribution in [0, 0.1) is 13.8 Å². The Morgan fingerprint density at radius 2 is 1.61 bits per heavy atom. The topological polar surface area (TPSA) is 75.1 Å². The highest BCUT2D eigenvalue weighted by atomic mass is 16.6. The molecule has 0 aliphatic rings. The largest absolute Gasteiger partial charge is 0.493 e. The van der Waals surface area contributed by atoms with Gasteiger partial charge in [0.25, 0.3) is 0 Å². The van der Waals surface area contributed by atoms with Crippen molar-refractivity contribution in [1.82, 2.24) is 9.97 Å². The van der Waals surface area contributed by atoms with Crippen LogP contribution in [0.3, 0.4) is 0 Å². The molecule has 0 atom stereocenters. The van der Waals surface area contributed by atoms with Gasteiger partial charge in [-0.05, 0) is 70.2 Å². The minimum atomic E-state index is 0.369. The fourth-order valence-electron chi connectivity index (χ4n) is 2.95. The first-order chi connectivity index (χ1) is 15.0. The molecule has 0 saturated heterocycles. The van der Waals surface area contributed by atoms with Crippen LogP contribution < -0.4 is 14.2 Å². The van der Waals surface area contributed by atoms with Crippen LogP contribution in [0.2, 0.25) is 0 Å². The predicted octanol–water partition coefficient (Wildman–Crippen LogP) is 5.05. The lowest BCUT2D eigenvalue weighted by Crippen LogP contribution is -2.05. The van der Waals surface area contributed by atoms with Gasteiger partial charge in [0.2, 0.25) is 0 Å². The van der Waals surface area contributed by atoms with E-state index in [9.17, 15) is 0 Å². The molecule has 0 unspecified atom stereocenters. The molecule has 1 aromatic carbocycles. The molecular weight excluding hydrogens is 394 g/mol. The Labute approximate surface area is 185 Å². The Morgan fingerprint density at radius 1 is 0.968 bits per heavy atom. The molecule has 1 heterocycles. The van der Waals surface area contributed by atoms with Crippen molar-refractivity contribution in [3.8, 4) is 17.5 Å². The van der Waals surface area contributed by atoms with Gasteiger partial charge in [-0.15, -0.1) is 0 Å². The summed E-state index contributed by atoms with van der Waals surface area (Å²) in [5.41, 5.74) is 3.69. The van der Waals surface area contributed by atoms with E-state index in [2.05, 4.69) is 15.1 Å². The van der Waals surface area contributed by atoms with Gasteiger partial charge in [0.05, 0.1) is 18.9 Å². The van der Waals surface area contributed by atoms with Gasteiger partial charge in [0.15, 0.2) is 0 Å². The quantitative estimate of drug-likeness (QED) is 0.193. The zero-order valence-electron chi connectivity index (χ0n) is 19.2. The molecule has 0 aliphatic heterocycles. The fourth-order valence-corrected chi connectivity index (χ4v) is 2.95. The van der Waals surface area contributed by atoms with Gasteiger partial charge in [0.1, 0.15) is 25.2 Å². The molecule has 7 nitrogen and oxygen atoms in total. The molecule has 0 amide bonds. The second-order valence-electron chi connectivity index (χ2n) is 7.14. The zero-order valence-corrected chi connectivity index (χ0v) is 19.2. The zero-order chi connectivity index (χ0) is 22.5. The highest BCUT2D eigenvalue weighted by molar-refractivity contribution is 5.97. The molecular formula is C24H33N3O4. The SMILES string of the molecule is C/C=C/COc1cc(C)c(OCCCCCOc2ncc(/C(C)=N/OC)cn2)c(C)c1. The number of hydrogen-bond acceptors (Lipinski definition) is 7. The van der Waals surface area contributed by atoms with E-state index in [0.29, 0.717) is 25.8 Å². The normalized spacial score (nSPS) is 11.6. The van der Waals surface area contributed by atoms with Crippen LogP contribution >= 0.6 is 0 Å². The Balaban J connectivity index is 1.67. The van der Waals surface area contributed by atoms with Crippen molar-refractivity contribution < 1.29 is 19.0 Å². The standard InChI is InChI=1S/C24H33N3O4/c1-6-7-11-29-22-14-18(2)23(19(3)15-22)30-12-9-8-10-13-31-24-25-16-21(17-26-24)20(4)27-28-5/h6-7,14-17H,8-13H2,1-5H3/b7-6+,27-20+. The van der Waals surface area contributed by atoms with Crippen LogP contribution in [0.5, 0.6) is 17.5 Å². The molecule has 0 saturated carbocycles. The van der Waals surface area contributed by atoms with Crippen molar-refractivity contribution in [2.45, 2.75) is 47.0 Å². The number of benzene rings is 1. The second-order valence-corrected chi connectivity index (χ2v) is 7.14. The molecule has 0 spiro atoms. The van der Waals surface area contributed by atoms with Crippen LogP contribution in [0.4, 0.5) is 0 Å². The van der Waals surface area contributed by atoms with Gasteiger partial charge in [0, 0.05) is 18.0 Å². The molecule has 0 N–H and O–H groups in total. The lowest BCUT2D eigenvalue weighted by molar-refractivity contribution is 0.213. The molecule has 0 radical (unpaired) electrons. The summed E-state index contributed by atoms with van der Waals surface area (Å²) in [5.74, 6) is 1.81. The first-order valence-electron chi connectivity index (χ1n) is 10.6. The maximum absolute atomic E-state index is 6.01. The smallest absolute Gasteiger partial charge is 0.316 e. The molecule has 2 aromatic rings. The lowest BCUT2D eigenvalue weighted by Gasteiger charge is -2.14. The van der Waals surface area contributed by atoms with Crippen molar-refractivity contribution in [3.05, 3.63) is 53.4 Å². The van der Waals surface area contributed by atoms with E-state index >= 15 is 0 Å². The Morgan fingerprint density at radius 3 is 2.23 bits per heavy atom. The first kappa shape index (κ1) is 24.2. The van der Waals surface area contributed by atoms with Gasteiger partial charge < -0.3 is 19.0 Å². The van der Waals surface area contributed by atoms with Crippen LogP contribution in [0.1, 0.15) is 49.8 Å². The molecule has 0 fully saturated rings. The fraction of sp³-hybridized carbons (Fsp3) is 0.458. The van der Waals surface area contributed by atoms with E-state index in [1.807, 2.05) is 52.0 Å². The van der Waals surface area contributed by atoms with Gasteiger partial charge in [-0.1, -0.05) is 17.3 Å². The van der Waals surface area contributed by atoms with Crippen LogP contribution in [-0.2, 0) is 4.84 Å². The number of aromatic nitrogens is 2. The summed E-state index contributed by atoms with van der Waals surface area (Å²) in [5, 5.41) is 3.86. The van der Waals surface area contributed by atoms with E-state index in [1.54, 1.807) is 12.4 Å². The molecule has 0 aliphatic carbocycles. The number of oxime groups is 1. The van der Waals surface area contributed by atoms with E-state index < -0.39 is 0 Å². The summed E-state index contributed by atoms with van der Waals surface area (Å²) in [6, 6.07) is 4.41. The highest BCUT2D eigenvalue weighted by Crippen LogP contribution is 2.28.